The van der Waals surface area contributed by atoms with Crippen LogP contribution in [0.25, 0.3) is 0 Å². The van der Waals surface area contributed by atoms with Gasteiger partial charge in [0.25, 0.3) is 0 Å². The van der Waals surface area contributed by atoms with Crippen LogP contribution in [0.2, 0.25) is 0 Å². The van der Waals surface area contributed by atoms with Gasteiger partial charge in [-0.25, -0.2) is 0 Å². The van der Waals surface area contributed by atoms with Crippen LogP contribution in [-0.4, -0.2) is 27.5 Å². The fourth-order valence-electron chi connectivity index (χ4n) is 3.19. The van der Waals surface area contributed by atoms with Gasteiger partial charge >= 0.3 is 0 Å². The molecule has 0 saturated carbocycles. The molecule has 1 aliphatic rings. The topological polar surface area (TPSA) is 46.9 Å². The number of thioether (sulfide) groups is 1. The molecule has 1 N–H and O–H groups in total. The van der Waals surface area contributed by atoms with Crippen LogP contribution in [0.3, 0.4) is 0 Å². The van der Waals surface area contributed by atoms with Gasteiger partial charge in [-0.1, -0.05) is 18.2 Å². The molecular weight excluding hydrogens is 306 g/mol. The van der Waals surface area contributed by atoms with Crippen molar-refractivity contribution in [3.8, 4) is 0 Å². The van der Waals surface area contributed by atoms with Gasteiger partial charge in [0.05, 0.1) is 11.6 Å². The Morgan fingerprint density at radius 1 is 1.43 bits per heavy atom. The average molecular weight is 329 g/mol. The number of amides is 1. The van der Waals surface area contributed by atoms with Gasteiger partial charge in [-0.15, -0.1) is 11.8 Å². The molecule has 1 aromatic carbocycles. The van der Waals surface area contributed by atoms with Gasteiger partial charge in [-0.3, -0.25) is 9.48 Å². The van der Waals surface area contributed by atoms with E-state index in [2.05, 4.69) is 36.4 Å². The maximum atomic E-state index is 12.6. The number of benzene rings is 1. The highest BCUT2D eigenvalue weighted by Crippen LogP contribution is 2.39. The molecule has 1 aromatic heterocycles. The first-order valence-corrected chi connectivity index (χ1v) is 8.97. The van der Waals surface area contributed by atoms with E-state index in [1.807, 2.05) is 30.8 Å². The molecule has 2 aromatic rings. The van der Waals surface area contributed by atoms with Crippen LogP contribution >= 0.6 is 11.8 Å². The minimum atomic E-state index is -0.0326. The molecule has 2 atom stereocenters. The fraction of sp³-hybridized carbons (Fsp3) is 0.444. The largest absolute Gasteiger partial charge is 0.353 e. The molecule has 4 nitrogen and oxygen atoms in total. The first-order chi connectivity index (χ1) is 11.0. The summed E-state index contributed by atoms with van der Waals surface area (Å²) in [4.78, 5) is 13.9. The van der Waals surface area contributed by atoms with Crippen molar-refractivity contribution in [3.63, 3.8) is 0 Å². The van der Waals surface area contributed by atoms with Gasteiger partial charge < -0.3 is 5.32 Å². The van der Waals surface area contributed by atoms with E-state index >= 15 is 0 Å². The lowest BCUT2D eigenvalue weighted by molar-refractivity contribution is -0.122. The van der Waals surface area contributed by atoms with Crippen LogP contribution in [0.4, 0.5) is 0 Å². The first kappa shape index (κ1) is 16.1. The van der Waals surface area contributed by atoms with Crippen LogP contribution < -0.4 is 5.32 Å². The summed E-state index contributed by atoms with van der Waals surface area (Å²) in [6, 6.07) is 8.31. The van der Waals surface area contributed by atoms with Crippen molar-refractivity contribution < 1.29 is 4.79 Å². The van der Waals surface area contributed by atoms with Gasteiger partial charge in [0, 0.05) is 29.4 Å². The summed E-state index contributed by atoms with van der Waals surface area (Å²) in [5, 5.41) is 7.64. The highest BCUT2D eigenvalue weighted by Gasteiger charge is 2.29. The lowest BCUT2D eigenvalue weighted by Gasteiger charge is -2.18. The van der Waals surface area contributed by atoms with Crippen molar-refractivity contribution in [2.24, 2.45) is 7.05 Å². The molecule has 2 unspecified atom stereocenters. The van der Waals surface area contributed by atoms with Crippen molar-refractivity contribution >= 4 is 17.7 Å². The number of nitrogens with zero attached hydrogens (tertiary/aromatic N) is 2. The Morgan fingerprint density at radius 2 is 2.17 bits per heavy atom. The normalized spacial score (nSPS) is 17.8. The Hall–Kier alpha value is -1.75. The van der Waals surface area contributed by atoms with E-state index in [-0.39, 0.29) is 17.9 Å². The predicted octanol–water partition coefficient (Wildman–Crippen LogP) is 2.97. The van der Waals surface area contributed by atoms with Gasteiger partial charge in [-0.05, 0) is 44.4 Å². The number of carbonyl (C=O) groups excluding carboxylic acids is 1. The van der Waals surface area contributed by atoms with E-state index < -0.39 is 0 Å². The van der Waals surface area contributed by atoms with E-state index in [9.17, 15) is 4.79 Å². The second-order valence-corrected chi connectivity index (χ2v) is 7.35. The number of rotatable bonds is 4. The van der Waals surface area contributed by atoms with E-state index in [4.69, 9.17) is 0 Å². The number of hydrogen-bond donors (Lipinski definition) is 1. The molecule has 5 heteroatoms. The van der Waals surface area contributed by atoms with Gasteiger partial charge in [0.1, 0.15) is 0 Å². The molecule has 0 radical (unpaired) electrons. The van der Waals surface area contributed by atoms with E-state index in [0.29, 0.717) is 0 Å². The summed E-state index contributed by atoms with van der Waals surface area (Å²) in [6.07, 6.45) is 0.818. The number of carbonyl (C=O) groups is 1. The molecular formula is C18H23N3OS. The molecule has 23 heavy (non-hydrogen) atoms. The molecule has 3 rings (SSSR count). The third-order valence-corrected chi connectivity index (χ3v) is 5.76. The lowest BCUT2D eigenvalue weighted by atomic mass is 9.99. The summed E-state index contributed by atoms with van der Waals surface area (Å²) in [7, 11) is 1.96. The monoisotopic (exact) mass is 329 g/mol. The highest BCUT2D eigenvalue weighted by atomic mass is 32.2. The van der Waals surface area contributed by atoms with Crippen molar-refractivity contribution in [3.05, 3.63) is 46.8 Å². The minimum absolute atomic E-state index is 0.0326. The Balaban J connectivity index is 1.67. The van der Waals surface area contributed by atoms with Crippen LogP contribution in [-0.2, 0) is 18.3 Å². The quantitative estimate of drug-likeness (QED) is 0.938. The van der Waals surface area contributed by atoms with E-state index in [0.717, 1.165) is 23.4 Å². The average Bonchev–Trinajstić information content (AvgIpc) is 3.04. The maximum Gasteiger partial charge on any atom is 0.228 e. The van der Waals surface area contributed by atoms with Crippen molar-refractivity contribution in [2.75, 3.05) is 5.75 Å². The van der Waals surface area contributed by atoms with Gasteiger partial charge in [0.2, 0.25) is 5.91 Å². The zero-order valence-electron chi connectivity index (χ0n) is 14.1. The van der Waals surface area contributed by atoms with Crippen molar-refractivity contribution in [1.82, 2.24) is 15.1 Å². The Bertz CT molecular complexity index is 738. The van der Waals surface area contributed by atoms with Crippen LogP contribution in [0.1, 0.15) is 35.4 Å². The highest BCUT2D eigenvalue weighted by molar-refractivity contribution is 7.99. The second-order valence-electron chi connectivity index (χ2n) is 6.29. The SMILES string of the molecule is Cc1nn(C)c(C)c1CC(C)NC(=O)C1CSc2ccccc21. The van der Waals surface area contributed by atoms with Crippen molar-refractivity contribution in [2.45, 2.75) is 44.0 Å². The van der Waals surface area contributed by atoms with Crippen LogP contribution in [0, 0.1) is 13.8 Å². The summed E-state index contributed by atoms with van der Waals surface area (Å²) >= 11 is 1.77. The number of aryl methyl sites for hydroxylation is 2. The Kier molecular flexibility index (Phi) is 4.48. The summed E-state index contributed by atoms with van der Waals surface area (Å²) in [5.74, 6) is 0.937. The maximum absolute atomic E-state index is 12.6. The van der Waals surface area contributed by atoms with Crippen molar-refractivity contribution in [1.29, 1.82) is 0 Å². The fourth-order valence-corrected chi connectivity index (χ4v) is 4.42. The summed E-state index contributed by atoms with van der Waals surface area (Å²) in [6.45, 7) is 6.17. The minimum Gasteiger partial charge on any atom is -0.353 e. The molecule has 0 bridgehead atoms. The van der Waals surface area contributed by atoms with Gasteiger partial charge in [-0.2, -0.15) is 5.10 Å². The number of nitrogens with one attached hydrogen (secondary N) is 1. The number of aromatic nitrogens is 2. The Labute approximate surface area is 141 Å². The number of fused-ring (bicyclic) bond motifs is 1. The predicted molar refractivity (Wildman–Crippen MR) is 93.9 cm³/mol. The molecule has 1 amide bonds. The van der Waals surface area contributed by atoms with Gasteiger partial charge in [0.15, 0.2) is 0 Å². The van der Waals surface area contributed by atoms with E-state index in [1.165, 1.54) is 16.2 Å². The Morgan fingerprint density at radius 3 is 2.87 bits per heavy atom. The third kappa shape index (κ3) is 3.15. The third-order valence-electron chi connectivity index (χ3n) is 4.57. The zero-order valence-corrected chi connectivity index (χ0v) is 14.9. The summed E-state index contributed by atoms with van der Waals surface area (Å²) in [5.41, 5.74) is 4.62. The first-order valence-electron chi connectivity index (χ1n) is 7.98. The molecule has 0 spiro atoms. The second kappa shape index (κ2) is 6.40. The molecule has 122 valence electrons. The molecule has 0 fully saturated rings. The smallest absolute Gasteiger partial charge is 0.228 e. The molecule has 1 aliphatic heterocycles. The number of hydrogen-bond acceptors (Lipinski definition) is 3. The standard InChI is InChI=1S/C18H23N3OS/c1-11(9-15-12(2)20-21(4)13(15)3)19-18(22)16-10-23-17-8-6-5-7-14(16)17/h5-8,11,16H,9-10H2,1-4H3,(H,19,22). The zero-order chi connectivity index (χ0) is 16.6. The lowest BCUT2D eigenvalue weighted by Crippen LogP contribution is -2.37. The van der Waals surface area contributed by atoms with Crippen LogP contribution in [0.15, 0.2) is 29.2 Å². The molecule has 0 saturated heterocycles. The van der Waals surface area contributed by atoms with Crippen LogP contribution in [0.5, 0.6) is 0 Å². The summed E-state index contributed by atoms with van der Waals surface area (Å²) < 4.78 is 1.91. The van der Waals surface area contributed by atoms with E-state index in [1.54, 1.807) is 11.8 Å². The molecule has 2 heterocycles. The molecule has 0 aliphatic carbocycles.